The number of anilines is 3. The average molecular weight is 313 g/mol. The molecule has 0 atom stereocenters. The predicted octanol–water partition coefficient (Wildman–Crippen LogP) is 4.04. The number of hydrogen-bond acceptors (Lipinski definition) is 3. The number of carbonyl (C=O) groups is 1. The molecule has 0 aliphatic heterocycles. The number of hydrogen-bond donors (Lipinski definition) is 3. The Kier molecular flexibility index (Phi) is 5.91. The van der Waals surface area contributed by atoms with E-state index in [0.29, 0.717) is 11.5 Å². The number of para-hydroxylation sites is 1. The van der Waals surface area contributed by atoms with Gasteiger partial charge in [-0.15, -0.1) is 0 Å². The van der Waals surface area contributed by atoms with Crippen LogP contribution in [0.2, 0.25) is 0 Å². The van der Waals surface area contributed by atoms with Gasteiger partial charge in [0, 0.05) is 23.5 Å². The molecule has 0 heterocycles. The summed E-state index contributed by atoms with van der Waals surface area (Å²) in [7, 11) is 0. The van der Waals surface area contributed by atoms with E-state index in [0.717, 1.165) is 23.5 Å². The zero-order valence-corrected chi connectivity index (χ0v) is 13.2. The van der Waals surface area contributed by atoms with E-state index in [9.17, 15) is 4.79 Å². The number of rotatable bonds is 5. The summed E-state index contributed by atoms with van der Waals surface area (Å²) >= 11 is 5.11. The van der Waals surface area contributed by atoms with Crippen molar-refractivity contribution in [2.45, 2.75) is 19.8 Å². The van der Waals surface area contributed by atoms with Gasteiger partial charge >= 0.3 is 0 Å². The van der Waals surface area contributed by atoms with Crippen molar-refractivity contribution in [3.05, 3.63) is 54.6 Å². The first-order valence-corrected chi connectivity index (χ1v) is 7.61. The predicted molar refractivity (Wildman–Crippen MR) is 95.4 cm³/mol. The van der Waals surface area contributed by atoms with Crippen molar-refractivity contribution in [2.75, 3.05) is 10.6 Å². The fourth-order valence-electron chi connectivity index (χ4n) is 1.90. The average Bonchev–Trinajstić information content (AvgIpc) is 2.50. The Balaban J connectivity index is 1.89. The van der Waals surface area contributed by atoms with E-state index in [1.807, 2.05) is 61.5 Å². The number of carbonyl (C=O) groups excluding carboxylic acids is 1. The smallest absolute Gasteiger partial charge is 0.226 e. The van der Waals surface area contributed by atoms with E-state index in [1.54, 1.807) is 0 Å². The van der Waals surface area contributed by atoms with E-state index in [4.69, 9.17) is 12.2 Å². The van der Waals surface area contributed by atoms with E-state index in [2.05, 4.69) is 16.0 Å². The van der Waals surface area contributed by atoms with Crippen LogP contribution in [0.15, 0.2) is 54.6 Å². The quantitative estimate of drug-likeness (QED) is 0.729. The minimum Gasteiger partial charge on any atom is -0.356 e. The molecule has 0 spiro atoms. The second-order valence-corrected chi connectivity index (χ2v) is 5.23. The second-order valence-electron chi connectivity index (χ2n) is 4.82. The zero-order chi connectivity index (χ0) is 15.8. The summed E-state index contributed by atoms with van der Waals surface area (Å²) in [6.45, 7) is 1.95. The molecule has 0 saturated carbocycles. The van der Waals surface area contributed by atoms with Crippen LogP contribution in [-0.2, 0) is 4.79 Å². The van der Waals surface area contributed by atoms with Gasteiger partial charge in [-0.25, -0.2) is 0 Å². The fraction of sp³-hybridized carbons (Fsp3) is 0.176. The maximum Gasteiger partial charge on any atom is 0.226 e. The van der Waals surface area contributed by atoms with Crippen molar-refractivity contribution >= 4 is 40.3 Å². The van der Waals surface area contributed by atoms with Crippen LogP contribution in [0.3, 0.4) is 0 Å². The van der Waals surface area contributed by atoms with Crippen LogP contribution in [0, 0.1) is 0 Å². The third kappa shape index (κ3) is 5.18. The first kappa shape index (κ1) is 16.0. The summed E-state index contributed by atoms with van der Waals surface area (Å²) in [6.07, 6.45) is 1.27. The molecule has 2 aromatic carbocycles. The van der Waals surface area contributed by atoms with E-state index < -0.39 is 0 Å². The number of benzene rings is 2. The lowest BCUT2D eigenvalue weighted by Crippen LogP contribution is -2.33. The maximum atomic E-state index is 11.5. The molecule has 0 aromatic heterocycles. The third-order valence-corrected chi connectivity index (χ3v) is 3.14. The van der Waals surface area contributed by atoms with Crippen molar-refractivity contribution in [1.82, 2.24) is 5.32 Å². The van der Waals surface area contributed by atoms with Gasteiger partial charge in [-0.1, -0.05) is 25.1 Å². The highest BCUT2D eigenvalue weighted by molar-refractivity contribution is 7.80. The molecule has 0 saturated heterocycles. The lowest BCUT2D eigenvalue weighted by Gasteiger charge is -2.10. The van der Waals surface area contributed by atoms with Crippen molar-refractivity contribution in [2.24, 2.45) is 0 Å². The summed E-state index contributed by atoms with van der Waals surface area (Å²) in [5.41, 5.74) is 2.85. The molecule has 3 N–H and O–H groups in total. The van der Waals surface area contributed by atoms with E-state index >= 15 is 0 Å². The molecule has 114 valence electrons. The summed E-state index contributed by atoms with van der Waals surface area (Å²) in [6, 6.07) is 17.7. The van der Waals surface area contributed by atoms with E-state index in [1.165, 1.54) is 0 Å². The van der Waals surface area contributed by atoms with Gasteiger partial charge < -0.3 is 16.0 Å². The third-order valence-electron chi connectivity index (χ3n) is 2.94. The molecule has 0 unspecified atom stereocenters. The van der Waals surface area contributed by atoms with Gasteiger partial charge in [0.15, 0.2) is 5.11 Å². The molecule has 0 aliphatic carbocycles. The number of nitrogens with one attached hydrogen (secondary N) is 3. The van der Waals surface area contributed by atoms with Crippen LogP contribution in [0.5, 0.6) is 0 Å². The summed E-state index contributed by atoms with van der Waals surface area (Å²) < 4.78 is 0. The Labute approximate surface area is 135 Å². The Morgan fingerprint density at radius 3 is 2.18 bits per heavy atom. The SMILES string of the molecule is CCCC(=O)NC(=S)Nc1ccc(Nc2ccccc2)cc1. The molecule has 1 amide bonds. The number of amides is 1. The van der Waals surface area contributed by atoms with Crippen molar-refractivity contribution in [3.63, 3.8) is 0 Å². The second kappa shape index (κ2) is 8.14. The molecule has 2 aromatic rings. The molecule has 22 heavy (non-hydrogen) atoms. The Morgan fingerprint density at radius 1 is 0.955 bits per heavy atom. The standard InChI is InChI=1S/C17H19N3OS/c1-2-6-16(21)20-17(22)19-15-11-9-14(10-12-15)18-13-7-4-3-5-8-13/h3-5,7-12,18H,2,6H2,1H3,(H2,19,20,21,22). The molecular formula is C17H19N3OS. The highest BCUT2D eigenvalue weighted by atomic mass is 32.1. The Bertz CT molecular complexity index is 626. The first-order chi connectivity index (χ1) is 10.7. The zero-order valence-electron chi connectivity index (χ0n) is 12.4. The molecule has 0 radical (unpaired) electrons. The number of thiocarbonyl (C=S) groups is 1. The molecule has 4 nitrogen and oxygen atoms in total. The molecule has 0 aliphatic rings. The van der Waals surface area contributed by atoms with Crippen LogP contribution in [0.25, 0.3) is 0 Å². The molecule has 0 bridgehead atoms. The summed E-state index contributed by atoms with van der Waals surface area (Å²) in [5.74, 6) is -0.0673. The van der Waals surface area contributed by atoms with Gasteiger partial charge in [-0.3, -0.25) is 4.79 Å². The van der Waals surface area contributed by atoms with Gasteiger partial charge in [-0.2, -0.15) is 0 Å². The Hall–Kier alpha value is -2.40. The lowest BCUT2D eigenvalue weighted by molar-refractivity contribution is -0.119. The Morgan fingerprint density at radius 2 is 1.55 bits per heavy atom. The maximum absolute atomic E-state index is 11.5. The minimum absolute atomic E-state index is 0.0673. The van der Waals surface area contributed by atoms with E-state index in [-0.39, 0.29) is 5.91 Å². The van der Waals surface area contributed by atoms with Crippen LogP contribution < -0.4 is 16.0 Å². The minimum atomic E-state index is -0.0673. The van der Waals surface area contributed by atoms with Crippen molar-refractivity contribution in [1.29, 1.82) is 0 Å². The topological polar surface area (TPSA) is 53.2 Å². The first-order valence-electron chi connectivity index (χ1n) is 7.20. The molecule has 0 fully saturated rings. The van der Waals surface area contributed by atoms with Gasteiger partial charge in [0.2, 0.25) is 5.91 Å². The van der Waals surface area contributed by atoms with Crippen LogP contribution in [0.1, 0.15) is 19.8 Å². The monoisotopic (exact) mass is 313 g/mol. The normalized spacial score (nSPS) is 9.86. The van der Waals surface area contributed by atoms with Crippen LogP contribution in [0.4, 0.5) is 17.1 Å². The highest BCUT2D eigenvalue weighted by Crippen LogP contribution is 2.18. The van der Waals surface area contributed by atoms with Gasteiger partial charge in [0.1, 0.15) is 0 Å². The summed E-state index contributed by atoms with van der Waals surface area (Å²) in [4.78, 5) is 11.5. The van der Waals surface area contributed by atoms with Gasteiger partial charge in [0.05, 0.1) is 0 Å². The largest absolute Gasteiger partial charge is 0.356 e. The molecular weight excluding hydrogens is 294 g/mol. The van der Waals surface area contributed by atoms with Gasteiger partial charge in [0.25, 0.3) is 0 Å². The van der Waals surface area contributed by atoms with Crippen LogP contribution >= 0.6 is 12.2 Å². The summed E-state index contributed by atoms with van der Waals surface area (Å²) in [5, 5.41) is 9.27. The van der Waals surface area contributed by atoms with Crippen LogP contribution in [-0.4, -0.2) is 11.0 Å². The lowest BCUT2D eigenvalue weighted by atomic mass is 10.2. The highest BCUT2D eigenvalue weighted by Gasteiger charge is 2.03. The molecule has 2 rings (SSSR count). The molecule has 5 heteroatoms. The van der Waals surface area contributed by atoms with Crippen molar-refractivity contribution in [3.8, 4) is 0 Å². The van der Waals surface area contributed by atoms with Gasteiger partial charge in [-0.05, 0) is 55.0 Å². The van der Waals surface area contributed by atoms with Crippen molar-refractivity contribution < 1.29 is 4.79 Å². The fourth-order valence-corrected chi connectivity index (χ4v) is 2.14.